The molecular formula is C22H30O5S. The third kappa shape index (κ3) is 6.84. The first kappa shape index (κ1) is 22.2. The lowest BCUT2D eigenvalue weighted by Crippen LogP contribution is -2.02. The second-order valence-electron chi connectivity index (χ2n) is 7.01. The maximum Gasteiger partial charge on any atom is 0.301 e. The molecule has 0 amide bonds. The molecule has 0 unspecified atom stereocenters. The molecule has 0 fully saturated rings. The van der Waals surface area contributed by atoms with Crippen molar-refractivity contribution < 1.29 is 22.8 Å². The summed E-state index contributed by atoms with van der Waals surface area (Å²) in [5.74, 6) is -0.104. The minimum Gasteiger partial charge on any atom is -0.506 e. The van der Waals surface area contributed by atoms with Crippen LogP contribution in [0.5, 0.6) is 17.2 Å². The summed E-state index contributed by atoms with van der Waals surface area (Å²) in [7, 11) is -4.61. The number of unbranched alkanes of at least 4 members (excludes halogenated alkanes) is 7. The van der Waals surface area contributed by atoms with Crippen LogP contribution in [-0.2, 0) is 16.5 Å². The van der Waals surface area contributed by atoms with Crippen molar-refractivity contribution in [3.63, 3.8) is 0 Å². The largest absolute Gasteiger partial charge is 0.506 e. The molecule has 0 aliphatic carbocycles. The lowest BCUT2D eigenvalue weighted by atomic mass is 10.0. The Morgan fingerprint density at radius 3 is 2.11 bits per heavy atom. The quantitative estimate of drug-likeness (QED) is 0.328. The maximum atomic E-state index is 11.6. The van der Waals surface area contributed by atoms with E-state index in [1.807, 2.05) is 18.2 Å². The first-order valence-electron chi connectivity index (χ1n) is 9.98. The summed E-state index contributed by atoms with van der Waals surface area (Å²) < 4.78 is 38.4. The van der Waals surface area contributed by atoms with Crippen molar-refractivity contribution in [1.82, 2.24) is 0 Å². The number of aromatic hydroxyl groups is 1. The number of ether oxygens (including phenoxy) is 1. The van der Waals surface area contributed by atoms with Gasteiger partial charge in [0, 0.05) is 0 Å². The highest BCUT2D eigenvalue weighted by Crippen LogP contribution is 2.36. The average Bonchev–Trinajstić information content (AvgIpc) is 2.64. The summed E-state index contributed by atoms with van der Waals surface area (Å²) in [5.41, 5.74) is 0.970. The number of aryl methyl sites for hydroxylation is 1. The molecule has 2 N–H and O–H groups in total. The van der Waals surface area contributed by atoms with Crippen molar-refractivity contribution in [2.75, 3.05) is 0 Å². The van der Waals surface area contributed by atoms with E-state index in [2.05, 4.69) is 6.92 Å². The molecule has 154 valence electrons. The Balaban J connectivity index is 1.99. The van der Waals surface area contributed by atoms with Crippen LogP contribution in [0.1, 0.15) is 63.9 Å². The highest BCUT2D eigenvalue weighted by molar-refractivity contribution is 7.86. The van der Waals surface area contributed by atoms with E-state index in [-0.39, 0.29) is 5.75 Å². The van der Waals surface area contributed by atoms with Gasteiger partial charge in [0.05, 0.1) is 0 Å². The van der Waals surface area contributed by atoms with E-state index in [1.165, 1.54) is 56.7 Å². The number of benzene rings is 2. The zero-order valence-corrected chi connectivity index (χ0v) is 17.2. The molecule has 2 aromatic rings. The number of para-hydroxylation sites is 1. The van der Waals surface area contributed by atoms with Crippen molar-refractivity contribution in [3.05, 3.63) is 48.0 Å². The molecule has 0 saturated heterocycles. The molecular weight excluding hydrogens is 376 g/mol. The van der Waals surface area contributed by atoms with Gasteiger partial charge in [-0.2, -0.15) is 8.42 Å². The summed E-state index contributed by atoms with van der Waals surface area (Å²) >= 11 is 0. The van der Waals surface area contributed by atoms with E-state index in [4.69, 9.17) is 4.74 Å². The van der Waals surface area contributed by atoms with Gasteiger partial charge in [-0.1, -0.05) is 76.1 Å². The zero-order chi connectivity index (χ0) is 20.4. The van der Waals surface area contributed by atoms with E-state index < -0.39 is 20.8 Å². The Hall–Kier alpha value is -2.05. The number of rotatable bonds is 12. The second-order valence-corrected chi connectivity index (χ2v) is 8.37. The number of hydrogen-bond donors (Lipinski definition) is 2. The molecule has 5 nitrogen and oxygen atoms in total. The molecule has 0 bridgehead atoms. The Labute approximate surface area is 168 Å². The van der Waals surface area contributed by atoms with Gasteiger partial charge in [0.2, 0.25) is 0 Å². The van der Waals surface area contributed by atoms with Crippen molar-refractivity contribution in [3.8, 4) is 17.2 Å². The van der Waals surface area contributed by atoms with Gasteiger partial charge in [-0.3, -0.25) is 4.55 Å². The minimum atomic E-state index is -4.61. The normalized spacial score (nSPS) is 11.5. The maximum absolute atomic E-state index is 11.6. The van der Waals surface area contributed by atoms with E-state index in [0.717, 1.165) is 24.8 Å². The lowest BCUT2D eigenvalue weighted by Gasteiger charge is -2.14. The number of phenols is 1. The van der Waals surface area contributed by atoms with Crippen molar-refractivity contribution in [2.45, 2.75) is 69.6 Å². The fourth-order valence-electron chi connectivity index (χ4n) is 3.22. The summed E-state index contributed by atoms with van der Waals surface area (Å²) in [6, 6.07) is 11.5. The predicted octanol–water partition coefficient (Wildman–Crippen LogP) is 6.11. The summed E-state index contributed by atoms with van der Waals surface area (Å²) in [5, 5.41) is 9.83. The van der Waals surface area contributed by atoms with E-state index in [9.17, 15) is 18.1 Å². The zero-order valence-electron chi connectivity index (χ0n) is 16.4. The average molecular weight is 407 g/mol. The molecule has 6 heteroatoms. The van der Waals surface area contributed by atoms with Crippen LogP contribution in [0.2, 0.25) is 0 Å². The first-order valence-corrected chi connectivity index (χ1v) is 11.4. The van der Waals surface area contributed by atoms with Crippen LogP contribution in [-0.4, -0.2) is 18.1 Å². The Kier molecular flexibility index (Phi) is 8.80. The molecule has 0 radical (unpaired) electrons. The van der Waals surface area contributed by atoms with Crippen LogP contribution >= 0.6 is 0 Å². The molecule has 0 atom stereocenters. The van der Waals surface area contributed by atoms with Crippen LogP contribution in [0.3, 0.4) is 0 Å². The monoisotopic (exact) mass is 406 g/mol. The van der Waals surface area contributed by atoms with Crippen molar-refractivity contribution in [2.24, 2.45) is 0 Å². The first-order chi connectivity index (χ1) is 13.4. The standard InChI is InChI=1S/C22H30O5S/c1-2-3-4-5-6-7-8-9-13-18-14-10-11-16-20(18)27-21-17-12-15-19(23)22(21)28(24,25)26/h10-12,14-17,23H,2-9,13H2,1H3,(H,24,25,26). The minimum absolute atomic E-state index is 0.0918. The molecule has 0 aliphatic heterocycles. The van der Waals surface area contributed by atoms with Gasteiger partial charge in [0.1, 0.15) is 11.5 Å². The smallest absolute Gasteiger partial charge is 0.301 e. The Bertz CT molecular complexity index is 846. The fraction of sp³-hybridized carbons (Fsp3) is 0.455. The van der Waals surface area contributed by atoms with E-state index >= 15 is 0 Å². The van der Waals surface area contributed by atoms with Gasteiger partial charge < -0.3 is 9.84 Å². The van der Waals surface area contributed by atoms with Gasteiger partial charge in [-0.15, -0.1) is 0 Å². The third-order valence-electron chi connectivity index (χ3n) is 4.71. The molecule has 0 aliphatic rings. The van der Waals surface area contributed by atoms with Crippen molar-refractivity contribution >= 4 is 10.1 Å². The van der Waals surface area contributed by atoms with Crippen LogP contribution in [0.4, 0.5) is 0 Å². The molecule has 2 aromatic carbocycles. The van der Waals surface area contributed by atoms with E-state index in [0.29, 0.717) is 5.75 Å². The SMILES string of the molecule is CCCCCCCCCCc1ccccc1Oc1cccc(O)c1S(=O)(=O)O. The molecule has 0 saturated carbocycles. The summed E-state index contributed by atoms with van der Waals surface area (Å²) in [4.78, 5) is -0.614. The van der Waals surface area contributed by atoms with Crippen LogP contribution in [0.25, 0.3) is 0 Å². The molecule has 0 heterocycles. The Morgan fingerprint density at radius 2 is 1.43 bits per heavy atom. The van der Waals surface area contributed by atoms with Gasteiger partial charge in [-0.25, -0.2) is 0 Å². The highest BCUT2D eigenvalue weighted by atomic mass is 32.2. The fourth-order valence-corrected chi connectivity index (χ4v) is 3.92. The van der Waals surface area contributed by atoms with Gasteiger partial charge in [0.25, 0.3) is 0 Å². The predicted molar refractivity (Wildman–Crippen MR) is 111 cm³/mol. The number of phenolic OH excluding ortho intramolecular Hbond substituents is 1. The Morgan fingerprint density at radius 1 is 0.821 bits per heavy atom. The molecule has 0 aromatic heterocycles. The van der Waals surface area contributed by atoms with Crippen LogP contribution in [0.15, 0.2) is 47.4 Å². The third-order valence-corrected chi connectivity index (χ3v) is 5.63. The molecule has 2 rings (SSSR count). The summed E-state index contributed by atoms with van der Waals surface area (Å²) in [6.07, 6.45) is 10.6. The second kappa shape index (κ2) is 11.1. The van der Waals surface area contributed by atoms with Gasteiger partial charge >= 0.3 is 10.1 Å². The lowest BCUT2D eigenvalue weighted by molar-refractivity contribution is 0.413. The van der Waals surface area contributed by atoms with Gasteiger partial charge in [-0.05, 0) is 36.6 Å². The highest BCUT2D eigenvalue weighted by Gasteiger charge is 2.22. The van der Waals surface area contributed by atoms with Crippen molar-refractivity contribution in [1.29, 1.82) is 0 Å². The summed E-state index contributed by atoms with van der Waals surface area (Å²) in [6.45, 7) is 2.22. The topological polar surface area (TPSA) is 83.8 Å². The van der Waals surface area contributed by atoms with E-state index in [1.54, 1.807) is 6.07 Å². The number of hydrogen-bond acceptors (Lipinski definition) is 4. The molecule has 0 spiro atoms. The molecule has 28 heavy (non-hydrogen) atoms. The van der Waals surface area contributed by atoms with Crippen LogP contribution < -0.4 is 4.74 Å². The van der Waals surface area contributed by atoms with Gasteiger partial charge in [0.15, 0.2) is 10.6 Å². The van der Waals surface area contributed by atoms with Crippen LogP contribution in [0, 0.1) is 0 Å².